The third-order valence-corrected chi connectivity index (χ3v) is 3.16. The van der Waals surface area contributed by atoms with Crippen molar-refractivity contribution in [1.29, 1.82) is 0 Å². The molecule has 0 aliphatic carbocycles. The third kappa shape index (κ3) is 2.67. The molecule has 22 heavy (non-hydrogen) atoms. The molecule has 2 aromatic rings. The number of nitrogens with zero attached hydrogens (tertiary/aromatic N) is 1. The van der Waals surface area contributed by atoms with Crippen LogP contribution in [0, 0.1) is 5.92 Å². The molecular weight excluding hydrogens is 284 g/mol. The number of para-hydroxylation sites is 2. The molecule has 0 saturated carbocycles. The highest BCUT2D eigenvalue weighted by Crippen LogP contribution is 2.23. The van der Waals surface area contributed by atoms with E-state index in [1.54, 1.807) is 36.4 Å². The Morgan fingerprint density at radius 1 is 1.23 bits per heavy atom. The van der Waals surface area contributed by atoms with Crippen LogP contribution >= 0.6 is 0 Å². The second kappa shape index (κ2) is 5.69. The van der Waals surface area contributed by atoms with E-state index in [-0.39, 0.29) is 11.4 Å². The number of allylic oxidation sites excluding steroid dienone is 1. The van der Waals surface area contributed by atoms with Crippen LogP contribution in [0.15, 0.2) is 64.2 Å². The summed E-state index contributed by atoms with van der Waals surface area (Å²) in [6.45, 7) is 0. The van der Waals surface area contributed by atoms with Crippen molar-refractivity contribution in [2.75, 3.05) is 5.32 Å². The van der Waals surface area contributed by atoms with Crippen molar-refractivity contribution < 1.29 is 19.1 Å². The topological polar surface area (TPSA) is 91.9 Å². The highest BCUT2D eigenvalue weighted by Gasteiger charge is 2.28. The molecule has 0 spiro atoms. The van der Waals surface area contributed by atoms with Crippen molar-refractivity contribution in [2.24, 2.45) is 10.9 Å². The van der Waals surface area contributed by atoms with E-state index in [1.807, 2.05) is 0 Å². The molecule has 0 saturated heterocycles. The van der Waals surface area contributed by atoms with E-state index in [1.165, 1.54) is 18.4 Å². The molecule has 3 rings (SSSR count). The van der Waals surface area contributed by atoms with Crippen LogP contribution in [0.25, 0.3) is 0 Å². The summed E-state index contributed by atoms with van der Waals surface area (Å²) >= 11 is 0. The average Bonchev–Trinajstić information content (AvgIpc) is 3.03. The number of aliphatic imine (C=N–C) groups is 1. The van der Waals surface area contributed by atoms with Gasteiger partial charge in [0.05, 0.1) is 12.0 Å². The largest absolute Gasteiger partial charge is 0.506 e. The lowest BCUT2D eigenvalue weighted by atomic mass is 10.0. The van der Waals surface area contributed by atoms with Crippen LogP contribution < -0.4 is 5.32 Å². The van der Waals surface area contributed by atoms with Gasteiger partial charge in [0.2, 0.25) is 5.91 Å². The van der Waals surface area contributed by atoms with Gasteiger partial charge in [-0.25, -0.2) is 4.99 Å². The number of nitrogens with one attached hydrogen (secondary N) is 1. The van der Waals surface area contributed by atoms with Crippen molar-refractivity contribution in [3.8, 4) is 5.75 Å². The molecule has 0 fully saturated rings. The molecule has 1 atom stereocenters. The fourth-order valence-electron chi connectivity index (χ4n) is 2.05. The molecule has 0 radical (unpaired) electrons. The van der Waals surface area contributed by atoms with Crippen LogP contribution in [0.2, 0.25) is 0 Å². The molecule has 1 aliphatic rings. The lowest BCUT2D eigenvalue weighted by Crippen LogP contribution is -2.30. The predicted molar refractivity (Wildman–Crippen MR) is 79.6 cm³/mol. The number of phenolic OH excluding ortho intramolecular Hbond substituents is 1. The first-order valence-electron chi connectivity index (χ1n) is 6.58. The fraction of sp³-hybridized carbons (Fsp3) is 0.0625. The molecule has 6 heteroatoms. The number of rotatable bonds is 3. The molecule has 1 aliphatic heterocycles. The number of amides is 2. The Labute approximate surface area is 125 Å². The van der Waals surface area contributed by atoms with E-state index < -0.39 is 17.7 Å². The standard InChI is InChI=1S/C16H12N2O4/c19-13-5-2-1-4-11(13)17-15(20)10-7-8-12(18-16(10)21)14-6-3-9-22-14/h1-10,19H,(H,17,20). The zero-order chi connectivity index (χ0) is 15.5. The molecule has 110 valence electrons. The normalized spacial score (nSPS) is 17.2. The highest BCUT2D eigenvalue weighted by molar-refractivity contribution is 6.19. The minimum Gasteiger partial charge on any atom is -0.506 e. The van der Waals surface area contributed by atoms with Gasteiger partial charge in [0.15, 0.2) is 5.76 Å². The quantitative estimate of drug-likeness (QED) is 0.670. The summed E-state index contributed by atoms with van der Waals surface area (Å²) in [7, 11) is 0. The molecule has 1 aromatic heterocycles. The Kier molecular flexibility index (Phi) is 3.57. The Balaban J connectivity index is 1.75. The number of carbonyl (C=O) groups excluding carboxylic acids is 2. The molecule has 1 aromatic carbocycles. The maximum absolute atomic E-state index is 12.1. The summed E-state index contributed by atoms with van der Waals surface area (Å²) in [5.41, 5.74) is 0.621. The van der Waals surface area contributed by atoms with Crippen molar-refractivity contribution >= 4 is 23.2 Å². The second-order valence-corrected chi connectivity index (χ2v) is 4.66. The molecule has 0 bridgehead atoms. The van der Waals surface area contributed by atoms with Crippen molar-refractivity contribution in [3.63, 3.8) is 0 Å². The molecule has 2 amide bonds. The average molecular weight is 296 g/mol. The smallest absolute Gasteiger partial charge is 0.262 e. The van der Waals surface area contributed by atoms with Crippen molar-refractivity contribution in [3.05, 3.63) is 60.6 Å². The van der Waals surface area contributed by atoms with E-state index in [0.717, 1.165) is 0 Å². The van der Waals surface area contributed by atoms with E-state index >= 15 is 0 Å². The Bertz CT molecular complexity index is 775. The monoisotopic (exact) mass is 296 g/mol. The summed E-state index contributed by atoms with van der Waals surface area (Å²) in [5, 5.41) is 12.1. The van der Waals surface area contributed by atoms with Gasteiger partial charge in [-0.1, -0.05) is 18.2 Å². The van der Waals surface area contributed by atoms with Crippen LogP contribution in [0.4, 0.5) is 5.69 Å². The van der Waals surface area contributed by atoms with Gasteiger partial charge in [0.1, 0.15) is 17.4 Å². The number of anilines is 1. The van der Waals surface area contributed by atoms with Gasteiger partial charge < -0.3 is 14.8 Å². The summed E-state index contributed by atoms with van der Waals surface area (Å²) in [6, 6.07) is 9.66. The summed E-state index contributed by atoms with van der Waals surface area (Å²) in [6.07, 6.45) is 4.50. The molecular formula is C16H12N2O4. The third-order valence-electron chi connectivity index (χ3n) is 3.16. The number of hydrogen-bond acceptors (Lipinski definition) is 4. The Morgan fingerprint density at radius 3 is 2.73 bits per heavy atom. The summed E-state index contributed by atoms with van der Waals surface area (Å²) in [5.74, 6) is -1.77. The maximum Gasteiger partial charge on any atom is 0.262 e. The first-order valence-corrected chi connectivity index (χ1v) is 6.58. The lowest BCUT2D eigenvalue weighted by molar-refractivity contribution is -0.128. The van der Waals surface area contributed by atoms with Gasteiger partial charge in [-0.3, -0.25) is 9.59 Å². The number of dihydropyridines is 1. The highest BCUT2D eigenvalue weighted by atomic mass is 16.3. The van der Waals surface area contributed by atoms with Gasteiger partial charge in [-0.2, -0.15) is 0 Å². The van der Waals surface area contributed by atoms with Crippen LogP contribution in [0.5, 0.6) is 5.75 Å². The number of furan rings is 1. The number of hydrogen-bond donors (Lipinski definition) is 2. The van der Waals surface area contributed by atoms with Crippen molar-refractivity contribution in [2.45, 2.75) is 0 Å². The molecule has 1 unspecified atom stereocenters. The van der Waals surface area contributed by atoms with E-state index in [0.29, 0.717) is 11.5 Å². The number of carbonyl (C=O) groups is 2. The van der Waals surface area contributed by atoms with Crippen LogP contribution in [-0.4, -0.2) is 22.6 Å². The summed E-state index contributed by atoms with van der Waals surface area (Å²) in [4.78, 5) is 28.0. The second-order valence-electron chi connectivity index (χ2n) is 4.66. The molecule has 6 nitrogen and oxygen atoms in total. The minimum absolute atomic E-state index is 0.0668. The zero-order valence-electron chi connectivity index (χ0n) is 11.4. The molecule has 2 N–H and O–H groups in total. The maximum atomic E-state index is 12.1. The first-order chi connectivity index (χ1) is 10.6. The van der Waals surface area contributed by atoms with E-state index in [9.17, 15) is 14.7 Å². The van der Waals surface area contributed by atoms with Crippen LogP contribution in [0.1, 0.15) is 5.76 Å². The first kappa shape index (κ1) is 13.8. The lowest BCUT2D eigenvalue weighted by Gasteiger charge is -2.14. The fourth-order valence-corrected chi connectivity index (χ4v) is 2.05. The van der Waals surface area contributed by atoms with E-state index in [2.05, 4.69) is 10.3 Å². The number of phenols is 1. The molecule has 2 heterocycles. The van der Waals surface area contributed by atoms with Gasteiger partial charge >= 0.3 is 0 Å². The van der Waals surface area contributed by atoms with Gasteiger partial charge in [0, 0.05) is 0 Å². The van der Waals surface area contributed by atoms with Gasteiger partial charge in [-0.05, 0) is 30.3 Å². The predicted octanol–water partition coefficient (Wildman–Crippen LogP) is 2.13. The summed E-state index contributed by atoms with van der Waals surface area (Å²) < 4.78 is 5.16. The Hall–Kier alpha value is -3.15. The number of benzene rings is 1. The van der Waals surface area contributed by atoms with Crippen molar-refractivity contribution in [1.82, 2.24) is 0 Å². The van der Waals surface area contributed by atoms with Crippen LogP contribution in [0.3, 0.4) is 0 Å². The van der Waals surface area contributed by atoms with Crippen LogP contribution in [-0.2, 0) is 9.59 Å². The van der Waals surface area contributed by atoms with Gasteiger partial charge in [0.25, 0.3) is 5.91 Å². The zero-order valence-corrected chi connectivity index (χ0v) is 11.4. The van der Waals surface area contributed by atoms with Gasteiger partial charge in [-0.15, -0.1) is 0 Å². The minimum atomic E-state index is -1.03. The SMILES string of the molecule is O=C1N=C(c2ccco2)C=CC1C(=O)Nc1ccccc1O. The number of aromatic hydroxyl groups is 1. The Morgan fingerprint density at radius 2 is 2.05 bits per heavy atom. The van der Waals surface area contributed by atoms with E-state index in [4.69, 9.17) is 4.42 Å².